The number of carbonyl (C=O) groups is 1. The first-order chi connectivity index (χ1) is 16.6. The highest BCUT2D eigenvalue weighted by Crippen LogP contribution is 2.25. The fourth-order valence-corrected chi connectivity index (χ4v) is 4.03. The zero-order chi connectivity index (χ0) is 25.6. The van der Waals surface area contributed by atoms with Crippen LogP contribution in [0.2, 0.25) is 0 Å². The second-order valence-corrected chi connectivity index (χ2v) is 10.4. The van der Waals surface area contributed by atoms with Gasteiger partial charge in [0.25, 0.3) is 10.0 Å². The number of rotatable bonds is 11. The summed E-state index contributed by atoms with van der Waals surface area (Å²) in [6.45, 7) is 2.64. The molecule has 3 aromatic rings. The van der Waals surface area contributed by atoms with Gasteiger partial charge >= 0.3 is 0 Å². The maximum absolute atomic E-state index is 13.1. The molecule has 0 fully saturated rings. The molecule has 1 amide bonds. The monoisotopic (exact) mass is 504 g/mol. The molecule has 12 heteroatoms. The minimum atomic E-state index is -3.93. The van der Waals surface area contributed by atoms with Crippen molar-refractivity contribution in [2.24, 2.45) is 16.9 Å². The highest BCUT2D eigenvalue weighted by Gasteiger charge is 2.27. The van der Waals surface area contributed by atoms with E-state index in [9.17, 15) is 17.6 Å². The van der Waals surface area contributed by atoms with E-state index in [1.807, 2.05) is 0 Å². The van der Waals surface area contributed by atoms with E-state index in [0.29, 0.717) is 30.0 Å². The van der Waals surface area contributed by atoms with Crippen LogP contribution in [0, 0.1) is 5.41 Å². The van der Waals surface area contributed by atoms with Crippen molar-refractivity contribution in [1.29, 1.82) is 0 Å². The van der Waals surface area contributed by atoms with Gasteiger partial charge in [0, 0.05) is 11.3 Å². The number of nitrogens with zero attached hydrogens (tertiary/aromatic N) is 2. The Labute approximate surface area is 203 Å². The molecular formula is C23H29FN6O4S. The van der Waals surface area contributed by atoms with Gasteiger partial charge in [0.15, 0.2) is 0 Å². The molecule has 1 heterocycles. The molecule has 2 aromatic carbocycles. The number of sulfonamides is 1. The van der Waals surface area contributed by atoms with Crippen LogP contribution >= 0.6 is 0 Å². The Morgan fingerprint density at radius 3 is 2.51 bits per heavy atom. The van der Waals surface area contributed by atoms with Gasteiger partial charge in [0.2, 0.25) is 17.6 Å². The van der Waals surface area contributed by atoms with Crippen molar-refractivity contribution in [2.75, 3.05) is 23.3 Å². The average molecular weight is 505 g/mol. The Balaban J connectivity index is 1.71. The summed E-state index contributed by atoms with van der Waals surface area (Å²) in [5.74, 6) is 0.0639. The fourth-order valence-electron chi connectivity index (χ4n) is 2.98. The van der Waals surface area contributed by atoms with E-state index in [0.717, 1.165) is 6.42 Å². The number of carbonyl (C=O) groups excluding carboxylic acids is 1. The van der Waals surface area contributed by atoms with E-state index in [1.54, 1.807) is 24.3 Å². The van der Waals surface area contributed by atoms with E-state index < -0.39 is 34.1 Å². The fraction of sp³-hybridized carbons (Fsp3) is 0.348. The number of halogens is 1. The molecule has 0 saturated heterocycles. The minimum absolute atomic E-state index is 0.0117. The maximum Gasteiger partial charge on any atom is 0.261 e. The number of amides is 1. The molecule has 0 aliphatic carbocycles. The summed E-state index contributed by atoms with van der Waals surface area (Å²) in [4.78, 5) is 16.5. The van der Waals surface area contributed by atoms with E-state index >= 15 is 0 Å². The number of aromatic nitrogens is 2. The van der Waals surface area contributed by atoms with Crippen LogP contribution in [-0.2, 0) is 14.8 Å². The van der Waals surface area contributed by atoms with Gasteiger partial charge in [0.1, 0.15) is 6.67 Å². The SMILES string of the molecule is CC(C)(CF)C(=O)Nc1cccc(NS(=O)(=O)c2ccc(-c3noc([C@@H](N)CCCN)n3)cc2)c1. The summed E-state index contributed by atoms with van der Waals surface area (Å²) in [5.41, 5.74) is 11.4. The Kier molecular flexibility index (Phi) is 8.20. The second kappa shape index (κ2) is 10.9. The Bertz CT molecular complexity index is 1260. The van der Waals surface area contributed by atoms with Gasteiger partial charge in [-0.05, 0) is 75.7 Å². The van der Waals surface area contributed by atoms with Gasteiger partial charge in [-0.1, -0.05) is 11.2 Å². The van der Waals surface area contributed by atoms with Gasteiger partial charge in [0.05, 0.1) is 22.0 Å². The summed E-state index contributed by atoms with van der Waals surface area (Å²) in [6, 6.07) is 11.7. The van der Waals surface area contributed by atoms with E-state index in [1.165, 1.54) is 38.1 Å². The number of nitrogens with one attached hydrogen (secondary N) is 2. The second-order valence-electron chi connectivity index (χ2n) is 8.68. The van der Waals surface area contributed by atoms with Gasteiger partial charge < -0.3 is 21.3 Å². The number of hydrogen-bond donors (Lipinski definition) is 4. The van der Waals surface area contributed by atoms with Crippen molar-refractivity contribution < 1.29 is 22.1 Å². The molecule has 10 nitrogen and oxygen atoms in total. The van der Waals surface area contributed by atoms with E-state index in [2.05, 4.69) is 20.2 Å². The number of alkyl halides is 1. The lowest BCUT2D eigenvalue weighted by Gasteiger charge is -2.19. The predicted molar refractivity (Wildman–Crippen MR) is 131 cm³/mol. The van der Waals surface area contributed by atoms with Crippen LogP contribution in [0.3, 0.4) is 0 Å². The normalized spacial score (nSPS) is 12.8. The molecule has 6 N–H and O–H groups in total. The first kappa shape index (κ1) is 26.3. The highest BCUT2D eigenvalue weighted by atomic mass is 32.2. The van der Waals surface area contributed by atoms with Crippen molar-refractivity contribution in [2.45, 2.75) is 37.6 Å². The third kappa shape index (κ3) is 6.62. The van der Waals surface area contributed by atoms with Gasteiger partial charge in [-0.2, -0.15) is 4.98 Å². The Morgan fingerprint density at radius 2 is 1.86 bits per heavy atom. The molecule has 0 saturated carbocycles. The summed E-state index contributed by atoms with van der Waals surface area (Å²) in [5, 5.41) is 6.51. The predicted octanol–water partition coefficient (Wildman–Crippen LogP) is 3.21. The summed E-state index contributed by atoms with van der Waals surface area (Å²) in [7, 11) is -3.93. The largest absolute Gasteiger partial charge is 0.337 e. The highest BCUT2D eigenvalue weighted by molar-refractivity contribution is 7.92. The maximum atomic E-state index is 13.1. The quantitative estimate of drug-likeness (QED) is 0.309. The third-order valence-corrected chi connectivity index (χ3v) is 6.62. The number of benzene rings is 2. The van der Waals surface area contributed by atoms with Crippen molar-refractivity contribution >= 4 is 27.3 Å². The molecule has 35 heavy (non-hydrogen) atoms. The molecule has 3 rings (SSSR count). The molecule has 0 unspecified atom stereocenters. The molecule has 0 aliphatic heterocycles. The van der Waals surface area contributed by atoms with Crippen molar-refractivity contribution in [1.82, 2.24) is 10.1 Å². The molecule has 0 bridgehead atoms. The zero-order valence-corrected chi connectivity index (χ0v) is 20.3. The summed E-state index contributed by atoms with van der Waals surface area (Å²) < 4.78 is 46.5. The van der Waals surface area contributed by atoms with Gasteiger partial charge in [-0.15, -0.1) is 0 Å². The number of anilines is 2. The van der Waals surface area contributed by atoms with Crippen LogP contribution in [-0.4, -0.2) is 37.7 Å². The van der Waals surface area contributed by atoms with Gasteiger partial charge in [-0.25, -0.2) is 12.8 Å². The molecule has 0 radical (unpaired) electrons. The summed E-state index contributed by atoms with van der Waals surface area (Å²) >= 11 is 0. The lowest BCUT2D eigenvalue weighted by molar-refractivity contribution is -0.124. The first-order valence-corrected chi connectivity index (χ1v) is 12.4. The minimum Gasteiger partial charge on any atom is -0.337 e. The molecule has 0 aliphatic rings. The first-order valence-electron chi connectivity index (χ1n) is 11.0. The standard InChI is InChI=1S/C23H29FN6O4S/c1-23(2,14-24)22(31)27-16-5-3-6-17(13-16)30-35(32,33)18-10-8-15(9-11-18)20-28-21(34-29-20)19(26)7-4-12-25/h3,5-6,8-11,13,19,30H,4,7,12,14,25-26H2,1-2H3,(H,27,31)/t19-/m0/s1. The van der Waals surface area contributed by atoms with Crippen LogP contribution < -0.4 is 21.5 Å². The summed E-state index contributed by atoms with van der Waals surface area (Å²) in [6.07, 6.45) is 1.34. The number of nitrogens with two attached hydrogens (primary N) is 2. The molecule has 1 aromatic heterocycles. The van der Waals surface area contributed by atoms with Crippen molar-refractivity contribution in [3.05, 3.63) is 54.4 Å². The average Bonchev–Trinajstić information content (AvgIpc) is 3.33. The molecule has 0 spiro atoms. The van der Waals surface area contributed by atoms with Crippen LogP contribution in [0.1, 0.15) is 38.6 Å². The third-order valence-electron chi connectivity index (χ3n) is 5.22. The molecule has 188 valence electrons. The van der Waals surface area contributed by atoms with Crippen LogP contribution in [0.5, 0.6) is 0 Å². The molecular weight excluding hydrogens is 475 g/mol. The Hall–Kier alpha value is -3.35. The van der Waals surface area contributed by atoms with Crippen LogP contribution in [0.25, 0.3) is 11.4 Å². The van der Waals surface area contributed by atoms with Crippen molar-refractivity contribution in [3.63, 3.8) is 0 Å². The van der Waals surface area contributed by atoms with Crippen LogP contribution in [0.4, 0.5) is 15.8 Å². The van der Waals surface area contributed by atoms with E-state index in [4.69, 9.17) is 16.0 Å². The van der Waals surface area contributed by atoms with E-state index in [-0.39, 0.29) is 16.5 Å². The lowest BCUT2D eigenvalue weighted by Crippen LogP contribution is -2.32. The Morgan fingerprint density at radius 1 is 1.17 bits per heavy atom. The van der Waals surface area contributed by atoms with Crippen molar-refractivity contribution in [3.8, 4) is 11.4 Å². The van der Waals surface area contributed by atoms with Gasteiger partial charge in [-0.3, -0.25) is 9.52 Å². The smallest absolute Gasteiger partial charge is 0.261 e. The zero-order valence-electron chi connectivity index (χ0n) is 19.5. The lowest BCUT2D eigenvalue weighted by atomic mass is 9.94. The topological polar surface area (TPSA) is 166 Å². The number of hydrogen-bond acceptors (Lipinski definition) is 8. The molecule has 1 atom stereocenters. The van der Waals surface area contributed by atoms with Crippen LogP contribution in [0.15, 0.2) is 57.9 Å².